The summed E-state index contributed by atoms with van der Waals surface area (Å²) in [5, 5.41) is 2.10. The number of nitrogens with two attached hydrogens (primary N) is 1. The molecule has 0 atom stereocenters. The van der Waals surface area contributed by atoms with Gasteiger partial charge in [0.15, 0.2) is 5.82 Å². The molecule has 3 heterocycles. The molecule has 2 N–H and O–H groups in total. The Bertz CT molecular complexity index is 749. The molecule has 0 saturated heterocycles. The number of aromatic nitrogens is 2. The van der Waals surface area contributed by atoms with Gasteiger partial charge in [-0.2, -0.15) is 0 Å². The lowest BCUT2D eigenvalue weighted by molar-refractivity contribution is 0.863. The van der Waals surface area contributed by atoms with Crippen molar-refractivity contribution in [1.82, 2.24) is 9.38 Å². The summed E-state index contributed by atoms with van der Waals surface area (Å²) in [5.41, 5.74) is 7.91. The molecule has 3 aromatic heterocycles. The molecular formula is C15H17BrN4S. The summed E-state index contributed by atoms with van der Waals surface area (Å²) < 4.78 is 3.26. The molecule has 0 saturated carbocycles. The van der Waals surface area contributed by atoms with Gasteiger partial charge in [-0.25, -0.2) is 4.98 Å². The molecule has 0 bridgehead atoms. The predicted molar refractivity (Wildman–Crippen MR) is 92.1 cm³/mol. The molecule has 3 rings (SSSR count). The molecule has 0 unspecified atom stereocenters. The summed E-state index contributed by atoms with van der Waals surface area (Å²) >= 11 is 5.25. The van der Waals surface area contributed by atoms with Gasteiger partial charge in [0.2, 0.25) is 0 Å². The van der Waals surface area contributed by atoms with Crippen molar-refractivity contribution in [2.24, 2.45) is 5.73 Å². The molecule has 21 heavy (non-hydrogen) atoms. The standard InChI is InChI=1S/C15H17BrN4S/c1-19(9-12-8-11(16)10-21-12)15-13(5-6-17)20-7-3-2-4-14(20)18-15/h2-4,7-8,10H,5-6,9,17H2,1H3. The monoisotopic (exact) mass is 364 g/mol. The smallest absolute Gasteiger partial charge is 0.151 e. The van der Waals surface area contributed by atoms with Crippen LogP contribution < -0.4 is 10.6 Å². The summed E-state index contributed by atoms with van der Waals surface area (Å²) in [6.45, 7) is 1.46. The minimum Gasteiger partial charge on any atom is -0.353 e. The summed E-state index contributed by atoms with van der Waals surface area (Å²) in [7, 11) is 2.08. The highest BCUT2D eigenvalue weighted by atomic mass is 79.9. The van der Waals surface area contributed by atoms with Crippen LogP contribution in [-0.4, -0.2) is 23.0 Å². The number of anilines is 1. The molecule has 0 aliphatic rings. The molecule has 110 valence electrons. The zero-order valence-electron chi connectivity index (χ0n) is 11.8. The van der Waals surface area contributed by atoms with E-state index in [2.05, 4.69) is 43.7 Å². The van der Waals surface area contributed by atoms with Gasteiger partial charge >= 0.3 is 0 Å². The van der Waals surface area contributed by atoms with Crippen LogP contribution in [0.3, 0.4) is 0 Å². The molecule has 3 aromatic rings. The Morgan fingerprint density at radius 1 is 1.43 bits per heavy atom. The fourth-order valence-electron chi connectivity index (χ4n) is 2.45. The first kappa shape index (κ1) is 14.6. The van der Waals surface area contributed by atoms with E-state index in [1.807, 2.05) is 24.4 Å². The Balaban J connectivity index is 1.96. The van der Waals surface area contributed by atoms with Crippen molar-refractivity contribution in [1.29, 1.82) is 0 Å². The highest BCUT2D eigenvalue weighted by Gasteiger charge is 2.15. The number of fused-ring (bicyclic) bond motifs is 1. The lowest BCUT2D eigenvalue weighted by atomic mass is 10.3. The van der Waals surface area contributed by atoms with Gasteiger partial charge < -0.3 is 15.0 Å². The van der Waals surface area contributed by atoms with Crippen LogP contribution in [0.4, 0.5) is 5.82 Å². The Labute approximate surface area is 136 Å². The lowest BCUT2D eigenvalue weighted by Gasteiger charge is -2.17. The van der Waals surface area contributed by atoms with Gasteiger partial charge in [0.1, 0.15) is 5.65 Å². The van der Waals surface area contributed by atoms with Crippen molar-refractivity contribution in [3.05, 3.63) is 50.9 Å². The van der Waals surface area contributed by atoms with Gasteiger partial charge in [-0.1, -0.05) is 6.07 Å². The zero-order valence-corrected chi connectivity index (χ0v) is 14.2. The van der Waals surface area contributed by atoms with E-state index in [-0.39, 0.29) is 0 Å². The van der Waals surface area contributed by atoms with Crippen LogP contribution in [0.15, 0.2) is 40.3 Å². The first-order chi connectivity index (χ1) is 10.2. The average molecular weight is 365 g/mol. The van der Waals surface area contributed by atoms with Crippen molar-refractivity contribution in [2.75, 3.05) is 18.5 Å². The maximum Gasteiger partial charge on any atom is 0.151 e. The van der Waals surface area contributed by atoms with E-state index in [1.54, 1.807) is 11.3 Å². The zero-order chi connectivity index (χ0) is 14.8. The number of thiophene rings is 1. The fourth-order valence-corrected chi connectivity index (χ4v) is 3.96. The summed E-state index contributed by atoms with van der Waals surface area (Å²) in [6.07, 6.45) is 2.87. The highest BCUT2D eigenvalue weighted by Crippen LogP contribution is 2.26. The molecule has 0 spiro atoms. The number of hydrogen-bond acceptors (Lipinski definition) is 4. The Hall–Kier alpha value is -1.37. The van der Waals surface area contributed by atoms with E-state index in [9.17, 15) is 0 Å². The molecule has 0 amide bonds. The Morgan fingerprint density at radius 2 is 2.29 bits per heavy atom. The lowest BCUT2D eigenvalue weighted by Crippen LogP contribution is -2.19. The fraction of sp³-hybridized carbons (Fsp3) is 0.267. The largest absolute Gasteiger partial charge is 0.353 e. The summed E-state index contributed by atoms with van der Waals surface area (Å²) in [5.74, 6) is 1.01. The van der Waals surface area contributed by atoms with Crippen LogP contribution in [0.5, 0.6) is 0 Å². The van der Waals surface area contributed by atoms with Gasteiger partial charge in [-0.15, -0.1) is 11.3 Å². The third-order valence-corrected chi connectivity index (χ3v) is 5.05. The van der Waals surface area contributed by atoms with E-state index < -0.39 is 0 Å². The van der Waals surface area contributed by atoms with Gasteiger partial charge in [-0.05, 0) is 40.7 Å². The molecule has 4 nitrogen and oxygen atoms in total. The molecule has 0 aliphatic heterocycles. The third kappa shape index (κ3) is 2.97. The first-order valence-electron chi connectivity index (χ1n) is 6.79. The second-order valence-corrected chi connectivity index (χ2v) is 6.85. The van der Waals surface area contributed by atoms with Gasteiger partial charge in [0.05, 0.1) is 12.2 Å². The van der Waals surface area contributed by atoms with Crippen molar-refractivity contribution in [2.45, 2.75) is 13.0 Å². The van der Waals surface area contributed by atoms with Crippen LogP contribution in [0.1, 0.15) is 10.6 Å². The van der Waals surface area contributed by atoms with Gasteiger partial charge in [-0.3, -0.25) is 0 Å². The van der Waals surface area contributed by atoms with Crippen LogP contribution in [0.2, 0.25) is 0 Å². The molecule has 0 fully saturated rings. The number of hydrogen-bond donors (Lipinski definition) is 1. The van der Waals surface area contributed by atoms with Crippen LogP contribution in [0, 0.1) is 0 Å². The number of imidazole rings is 1. The number of pyridine rings is 1. The van der Waals surface area contributed by atoms with Crippen LogP contribution >= 0.6 is 27.3 Å². The minimum absolute atomic E-state index is 0.619. The minimum atomic E-state index is 0.619. The van der Waals surface area contributed by atoms with E-state index in [1.165, 1.54) is 10.6 Å². The molecule has 0 aromatic carbocycles. The maximum absolute atomic E-state index is 5.77. The second-order valence-electron chi connectivity index (χ2n) is 4.94. The van der Waals surface area contributed by atoms with E-state index in [4.69, 9.17) is 10.7 Å². The maximum atomic E-state index is 5.77. The third-order valence-electron chi connectivity index (χ3n) is 3.37. The summed E-state index contributed by atoms with van der Waals surface area (Å²) in [6, 6.07) is 8.21. The normalized spacial score (nSPS) is 11.2. The Morgan fingerprint density at radius 3 is 3.00 bits per heavy atom. The predicted octanol–water partition coefficient (Wildman–Crippen LogP) is 3.30. The number of nitrogens with zero attached hydrogens (tertiary/aromatic N) is 3. The second kappa shape index (κ2) is 6.17. The molecule has 0 aliphatic carbocycles. The van der Waals surface area contributed by atoms with Crippen molar-refractivity contribution >= 4 is 38.7 Å². The Kier molecular flexibility index (Phi) is 4.28. The van der Waals surface area contributed by atoms with Crippen LogP contribution in [-0.2, 0) is 13.0 Å². The van der Waals surface area contributed by atoms with E-state index in [0.29, 0.717) is 6.54 Å². The number of rotatable bonds is 5. The van der Waals surface area contributed by atoms with Crippen molar-refractivity contribution in [3.8, 4) is 0 Å². The topological polar surface area (TPSA) is 46.6 Å². The summed E-state index contributed by atoms with van der Waals surface area (Å²) in [4.78, 5) is 8.26. The van der Waals surface area contributed by atoms with Crippen molar-refractivity contribution < 1.29 is 0 Å². The number of halogens is 1. The molecule has 0 radical (unpaired) electrons. The van der Waals surface area contributed by atoms with E-state index in [0.717, 1.165) is 28.9 Å². The first-order valence-corrected chi connectivity index (χ1v) is 8.46. The van der Waals surface area contributed by atoms with Crippen molar-refractivity contribution in [3.63, 3.8) is 0 Å². The van der Waals surface area contributed by atoms with Gasteiger partial charge in [0, 0.05) is 34.4 Å². The highest BCUT2D eigenvalue weighted by molar-refractivity contribution is 9.10. The molecular weight excluding hydrogens is 348 g/mol. The van der Waals surface area contributed by atoms with Crippen LogP contribution in [0.25, 0.3) is 5.65 Å². The average Bonchev–Trinajstić information content (AvgIpc) is 3.04. The van der Waals surface area contributed by atoms with E-state index >= 15 is 0 Å². The quantitative estimate of drug-likeness (QED) is 0.755. The van der Waals surface area contributed by atoms with Gasteiger partial charge in [0.25, 0.3) is 0 Å². The molecule has 6 heteroatoms. The SMILES string of the molecule is CN(Cc1cc(Br)cs1)c1nc2ccccn2c1CCN.